The van der Waals surface area contributed by atoms with E-state index in [4.69, 9.17) is 4.74 Å². The Morgan fingerprint density at radius 2 is 2.05 bits per heavy atom. The monoisotopic (exact) mass is 268 g/mol. The van der Waals surface area contributed by atoms with E-state index < -0.39 is 11.4 Å². The molecule has 0 saturated heterocycles. The number of hydrogen-bond donors (Lipinski definition) is 1. The van der Waals surface area contributed by atoms with Crippen LogP contribution >= 0.6 is 0 Å². The number of carbonyl (C=O) groups is 1. The Kier molecular flexibility index (Phi) is 5.06. The molecule has 1 aromatic carbocycles. The van der Waals surface area contributed by atoms with Crippen LogP contribution in [-0.4, -0.2) is 16.7 Å². The van der Waals surface area contributed by atoms with Crippen molar-refractivity contribution >= 4 is 5.97 Å². The van der Waals surface area contributed by atoms with Gasteiger partial charge in [0.1, 0.15) is 11.4 Å². The smallest absolute Gasteiger partial charge is 0.306 e. The molecule has 0 amide bonds. The summed E-state index contributed by atoms with van der Waals surface area (Å²) in [5, 5.41) is 9.21. The molecule has 0 aliphatic rings. The summed E-state index contributed by atoms with van der Waals surface area (Å²) < 4.78 is 18.8. The van der Waals surface area contributed by atoms with Gasteiger partial charge in [-0.3, -0.25) is 4.79 Å². The van der Waals surface area contributed by atoms with Crippen molar-refractivity contribution in [2.75, 3.05) is 0 Å². The van der Waals surface area contributed by atoms with Gasteiger partial charge in [-0.15, -0.1) is 0 Å². The SMILES string of the molecule is C[C@@H](CC(=O)OC(C)(C)C)c1cccc(F)c1CO. The molecular weight excluding hydrogens is 247 g/mol. The van der Waals surface area contributed by atoms with Crippen molar-refractivity contribution in [3.8, 4) is 0 Å². The van der Waals surface area contributed by atoms with Crippen molar-refractivity contribution in [3.05, 3.63) is 35.1 Å². The molecule has 0 heterocycles. The van der Waals surface area contributed by atoms with E-state index in [0.717, 1.165) is 0 Å². The maximum atomic E-state index is 13.5. The number of aliphatic hydroxyl groups excluding tert-OH is 1. The number of aliphatic hydroxyl groups is 1. The van der Waals surface area contributed by atoms with E-state index in [0.29, 0.717) is 5.56 Å². The van der Waals surface area contributed by atoms with Crippen LogP contribution in [0, 0.1) is 5.82 Å². The van der Waals surface area contributed by atoms with Gasteiger partial charge in [-0.25, -0.2) is 4.39 Å². The summed E-state index contributed by atoms with van der Waals surface area (Å²) in [6, 6.07) is 4.61. The Morgan fingerprint density at radius 3 is 2.58 bits per heavy atom. The van der Waals surface area contributed by atoms with Crippen molar-refractivity contribution in [1.29, 1.82) is 0 Å². The first kappa shape index (κ1) is 15.6. The molecule has 0 radical (unpaired) electrons. The first-order valence-corrected chi connectivity index (χ1v) is 6.34. The zero-order valence-electron chi connectivity index (χ0n) is 11.9. The second-order valence-electron chi connectivity index (χ2n) is 5.66. The Bertz CT molecular complexity index is 449. The molecule has 0 aromatic heterocycles. The summed E-state index contributed by atoms with van der Waals surface area (Å²) in [6.45, 7) is 6.85. The normalized spacial score (nSPS) is 13.2. The summed E-state index contributed by atoms with van der Waals surface area (Å²) in [4.78, 5) is 11.7. The van der Waals surface area contributed by atoms with Crippen LogP contribution in [-0.2, 0) is 16.1 Å². The van der Waals surface area contributed by atoms with Crippen molar-refractivity contribution in [3.63, 3.8) is 0 Å². The summed E-state index contributed by atoms with van der Waals surface area (Å²) >= 11 is 0. The van der Waals surface area contributed by atoms with Gasteiger partial charge in [0.05, 0.1) is 13.0 Å². The second kappa shape index (κ2) is 6.15. The molecule has 0 fully saturated rings. The number of rotatable bonds is 4. The molecule has 1 N–H and O–H groups in total. The highest BCUT2D eigenvalue weighted by molar-refractivity contribution is 5.71. The van der Waals surface area contributed by atoms with Crippen LogP contribution in [0.15, 0.2) is 18.2 Å². The number of esters is 1. The maximum absolute atomic E-state index is 13.5. The Hall–Kier alpha value is -1.42. The quantitative estimate of drug-likeness (QED) is 0.853. The van der Waals surface area contributed by atoms with Gasteiger partial charge in [-0.2, -0.15) is 0 Å². The fraction of sp³-hybridized carbons (Fsp3) is 0.533. The van der Waals surface area contributed by atoms with Gasteiger partial charge in [0, 0.05) is 5.56 Å². The van der Waals surface area contributed by atoms with Crippen LogP contribution in [0.2, 0.25) is 0 Å². The molecule has 0 bridgehead atoms. The molecule has 1 aromatic rings. The minimum atomic E-state index is -0.529. The van der Waals surface area contributed by atoms with Crippen molar-refractivity contribution < 1.29 is 19.0 Å². The third kappa shape index (κ3) is 4.63. The predicted octanol–water partition coefficient (Wildman–Crippen LogP) is 3.15. The third-order valence-corrected chi connectivity index (χ3v) is 2.74. The lowest BCUT2D eigenvalue weighted by Crippen LogP contribution is -2.24. The average molecular weight is 268 g/mol. The van der Waals surface area contributed by atoms with E-state index in [1.807, 2.05) is 6.92 Å². The minimum absolute atomic E-state index is 0.160. The van der Waals surface area contributed by atoms with Crippen LogP contribution in [0.1, 0.15) is 51.2 Å². The predicted molar refractivity (Wildman–Crippen MR) is 71.2 cm³/mol. The van der Waals surface area contributed by atoms with E-state index in [1.54, 1.807) is 32.9 Å². The van der Waals surface area contributed by atoms with Crippen LogP contribution < -0.4 is 0 Å². The van der Waals surface area contributed by atoms with Crippen LogP contribution in [0.5, 0.6) is 0 Å². The Balaban J connectivity index is 2.81. The molecule has 1 atom stereocenters. The third-order valence-electron chi connectivity index (χ3n) is 2.74. The average Bonchev–Trinajstić information content (AvgIpc) is 2.25. The van der Waals surface area contributed by atoms with Gasteiger partial charge in [0.15, 0.2) is 0 Å². The number of halogens is 1. The standard InChI is InChI=1S/C15H21FO3/c1-10(8-14(18)19-15(2,3)4)11-6-5-7-13(16)12(11)9-17/h5-7,10,17H,8-9H2,1-4H3/t10-/m0/s1. The second-order valence-corrected chi connectivity index (χ2v) is 5.66. The zero-order valence-corrected chi connectivity index (χ0v) is 11.9. The fourth-order valence-corrected chi connectivity index (χ4v) is 1.95. The van der Waals surface area contributed by atoms with Crippen LogP contribution in [0.25, 0.3) is 0 Å². The van der Waals surface area contributed by atoms with Gasteiger partial charge in [-0.1, -0.05) is 19.1 Å². The highest BCUT2D eigenvalue weighted by atomic mass is 19.1. The van der Waals surface area contributed by atoms with Gasteiger partial charge < -0.3 is 9.84 Å². The van der Waals surface area contributed by atoms with Crippen LogP contribution in [0.4, 0.5) is 4.39 Å². The number of carbonyl (C=O) groups excluding carboxylic acids is 1. The lowest BCUT2D eigenvalue weighted by molar-refractivity contribution is -0.155. The van der Waals surface area contributed by atoms with Crippen molar-refractivity contribution in [1.82, 2.24) is 0 Å². The lowest BCUT2D eigenvalue weighted by atomic mass is 9.93. The lowest BCUT2D eigenvalue weighted by Gasteiger charge is -2.21. The number of ether oxygens (including phenoxy) is 1. The van der Waals surface area contributed by atoms with E-state index >= 15 is 0 Å². The van der Waals surface area contributed by atoms with E-state index in [9.17, 15) is 14.3 Å². The van der Waals surface area contributed by atoms with Crippen molar-refractivity contribution in [2.24, 2.45) is 0 Å². The minimum Gasteiger partial charge on any atom is -0.460 e. The fourth-order valence-electron chi connectivity index (χ4n) is 1.95. The molecule has 4 heteroatoms. The molecule has 0 saturated carbocycles. The topological polar surface area (TPSA) is 46.5 Å². The Morgan fingerprint density at radius 1 is 1.42 bits per heavy atom. The molecule has 3 nitrogen and oxygen atoms in total. The molecule has 19 heavy (non-hydrogen) atoms. The molecule has 106 valence electrons. The molecule has 0 aliphatic carbocycles. The molecule has 0 aliphatic heterocycles. The summed E-state index contributed by atoms with van der Waals surface area (Å²) in [6.07, 6.45) is 0.160. The van der Waals surface area contributed by atoms with E-state index in [2.05, 4.69) is 0 Å². The summed E-state index contributed by atoms with van der Waals surface area (Å²) in [7, 11) is 0. The van der Waals surface area contributed by atoms with Crippen LogP contribution in [0.3, 0.4) is 0 Å². The summed E-state index contributed by atoms with van der Waals surface area (Å²) in [5.74, 6) is -0.975. The number of benzene rings is 1. The first-order valence-electron chi connectivity index (χ1n) is 6.34. The highest BCUT2D eigenvalue weighted by Gasteiger charge is 2.21. The molecular formula is C15H21FO3. The van der Waals surface area contributed by atoms with E-state index in [-0.39, 0.29) is 30.5 Å². The molecule has 0 spiro atoms. The first-order chi connectivity index (χ1) is 8.74. The van der Waals surface area contributed by atoms with Gasteiger partial charge in [0.2, 0.25) is 0 Å². The largest absolute Gasteiger partial charge is 0.460 e. The maximum Gasteiger partial charge on any atom is 0.306 e. The number of hydrogen-bond acceptors (Lipinski definition) is 3. The highest BCUT2D eigenvalue weighted by Crippen LogP contribution is 2.26. The van der Waals surface area contributed by atoms with Crippen molar-refractivity contribution in [2.45, 2.75) is 52.2 Å². The van der Waals surface area contributed by atoms with Gasteiger partial charge in [-0.05, 0) is 38.3 Å². The molecule has 1 rings (SSSR count). The van der Waals surface area contributed by atoms with Gasteiger partial charge >= 0.3 is 5.97 Å². The van der Waals surface area contributed by atoms with E-state index in [1.165, 1.54) is 6.07 Å². The van der Waals surface area contributed by atoms with Gasteiger partial charge in [0.25, 0.3) is 0 Å². The summed E-state index contributed by atoms with van der Waals surface area (Å²) in [5.41, 5.74) is 0.366. The zero-order chi connectivity index (χ0) is 14.6. The Labute approximate surface area is 113 Å². The molecule has 0 unspecified atom stereocenters.